The number of hydrogen-bond acceptors (Lipinski definition) is 8. The molecule has 3 aromatic heterocycles. The van der Waals surface area contributed by atoms with E-state index in [0.717, 1.165) is 17.7 Å². The van der Waals surface area contributed by atoms with Crippen molar-refractivity contribution in [3.8, 4) is 28.6 Å². The Morgan fingerprint density at radius 2 is 1.71 bits per heavy atom. The molecule has 5 aromatic rings. The fraction of sp³-hybridized carbons (Fsp3) is 0.0769. The molecular formula is C26H19ClF3N9O2. The Bertz CT molecular complexity index is 1710. The maximum Gasteiger partial charge on any atom is 0.416 e. The van der Waals surface area contributed by atoms with Crippen LogP contribution in [0, 0.1) is 6.92 Å². The van der Waals surface area contributed by atoms with Gasteiger partial charge < -0.3 is 21.1 Å². The quantitative estimate of drug-likeness (QED) is 0.217. The highest BCUT2D eigenvalue weighted by Gasteiger charge is 2.31. The molecule has 0 aliphatic rings. The van der Waals surface area contributed by atoms with Crippen LogP contribution in [0.5, 0.6) is 11.8 Å². The molecule has 2 aromatic carbocycles. The van der Waals surface area contributed by atoms with Gasteiger partial charge in [0.05, 0.1) is 51.9 Å². The van der Waals surface area contributed by atoms with Gasteiger partial charge in [0.25, 0.3) is 0 Å². The van der Waals surface area contributed by atoms with Crippen molar-refractivity contribution in [2.75, 3.05) is 16.4 Å². The highest BCUT2D eigenvalue weighted by atomic mass is 35.5. The molecule has 208 valence electrons. The summed E-state index contributed by atoms with van der Waals surface area (Å²) in [4.78, 5) is 24.8. The molecule has 0 fully saturated rings. The van der Waals surface area contributed by atoms with E-state index in [-0.39, 0.29) is 23.1 Å². The number of carbonyl (C=O) groups excluding carboxylic acids is 1. The number of amides is 2. The second kappa shape index (κ2) is 11.1. The van der Waals surface area contributed by atoms with Gasteiger partial charge in [0.15, 0.2) is 0 Å². The molecule has 0 aliphatic heterocycles. The van der Waals surface area contributed by atoms with E-state index in [1.54, 1.807) is 37.3 Å². The number of nitrogen functional groups attached to an aromatic ring is 1. The fourth-order valence-electron chi connectivity index (χ4n) is 3.73. The normalized spacial score (nSPS) is 11.2. The van der Waals surface area contributed by atoms with Crippen LogP contribution in [-0.2, 0) is 6.18 Å². The molecule has 11 nitrogen and oxygen atoms in total. The standard InChI is InChI=1S/C26H19ClF3N9O2/c1-14-10-35-38-39(14)22-7-4-16(26(28,29)30)8-21(22)37-24(40)36-18-12-33-25(34-13-18)41-19-5-2-15(3-6-19)20-9-17(27)11-32-23(20)31/h2-13H,1H3,(H2,31,32)(H2,36,37,40). The number of ether oxygens (including phenoxy) is 1. The first-order chi connectivity index (χ1) is 19.6. The number of halogens is 4. The summed E-state index contributed by atoms with van der Waals surface area (Å²) < 4.78 is 46.9. The number of aryl methyl sites for hydroxylation is 1. The summed E-state index contributed by atoms with van der Waals surface area (Å²) in [5.41, 5.74) is 7.21. The molecule has 0 aliphatic carbocycles. The number of nitrogens with two attached hydrogens (primary N) is 1. The summed E-state index contributed by atoms with van der Waals surface area (Å²) in [7, 11) is 0. The van der Waals surface area contributed by atoms with Crippen molar-refractivity contribution in [3.63, 3.8) is 0 Å². The van der Waals surface area contributed by atoms with E-state index < -0.39 is 17.8 Å². The van der Waals surface area contributed by atoms with E-state index in [0.29, 0.717) is 27.8 Å². The minimum absolute atomic E-state index is 0.00512. The fourth-order valence-corrected chi connectivity index (χ4v) is 3.89. The van der Waals surface area contributed by atoms with E-state index in [9.17, 15) is 18.0 Å². The van der Waals surface area contributed by atoms with Crippen molar-refractivity contribution in [2.45, 2.75) is 13.1 Å². The molecule has 0 saturated carbocycles. The number of pyridine rings is 1. The van der Waals surface area contributed by atoms with Crippen LogP contribution < -0.4 is 21.1 Å². The zero-order valence-electron chi connectivity index (χ0n) is 21.0. The Balaban J connectivity index is 1.26. The Hall–Kier alpha value is -5.24. The number of benzene rings is 2. The average molecular weight is 582 g/mol. The van der Waals surface area contributed by atoms with Crippen molar-refractivity contribution in [1.82, 2.24) is 29.9 Å². The van der Waals surface area contributed by atoms with Crippen LogP contribution in [0.15, 0.2) is 73.3 Å². The van der Waals surface area contributed by atoms with E-state index in [2.05, 4.69) is 35.9 Å². The second-order valence-electron chi connectivity index (χ2n) is 8.56. The van der Waals surface area contributed by atoms with Crippen molar-refractivity contribution in [1.29, 1.82) is 0 Å². The summed E-state index contributed by atoms with van der Waals surface area (Å²) in [6.45, 7) is 1.67. The number of urea groups is 1. The summed E-state index contributed by atoms with van der Waals surface area (Å²) in [6, 6.07) is 10.7. The summed E-state index contributed by atoms with van der Waals surface area (Å²) >= 11 is 6.01. The SMILES string of the molecule is Cc1cnnn1-c1ccc(C(F)(F)F)cc1NC(=O)Nc1cnc(Oc2ccc(-c3cc(Cl)cnc3N)cc2)nc1. The Morgan fingerprint density at radius 1 is 0.976 bits per heavy atom. The molecule has 3 heterocycles. The van der Waals surface area contributed by atoms with Crippen LogP contribution in [0.4, 0.5) is 35.2 Å². The van der Waals surface area contributed by atoms with Gasteiger partial charge in [0.2, 0.25) is 0 Å². The number of rotatable bonds is 6. The molecule has 0 saturated heterocycles. The number of nitrogens with zero attached hydrogens (tertiary/aromatic N) is 6. The van der Waals surface area contributed by atoms with E-state index in [4.69, 9.17) is 22.1 Å². The van der Waals surface area contributed by atoms with Crippen LogP contribution >= 0.6 is 11.6 Å². The lowest BCUT2D eigenvalue weighted by Crippen LogP contribution is -2.21. The maximum atomic E-state index is 13.3. The second-order valence-corrected chi connectivity index (χ2v) is 9.00. The first kappa shape index (κ1) is 27.3. The maximum absolute atomic E-state index is 13.3. The lowest BCUT2D eigenvalue weighted by molar-refractivity contribution is -0.137. The highest BCUT2D eigenvalue weighted by Crippen LogP contribution is 2.34. The predicted octanol–water partition coefficient (Wildman–Crippen LogP) is 6.12. The third kappa shape index (κ3) is 6.33. The van der Waals surface area contributed by atoms with Gasteiger partial charge in [-0.3, -0.25) is 0 Å². The molecule has 4 N–H and O–H groups in total. The van der Waals surface area contributed by atoms with Crippen molar-refractivity contribution in [2.24, 2.45) is 0 Å². The minimum Gasteiger partial charge on any atom is -0.424 e. The van der Waals surface area contributed by atoms with E-state index in [1.807, 2.05) is 0 Å². The molecule has 15 heteroatoms. The number of carbonyl (C=O) groups is 1. The largest absolute Gasteiger partial charge is 0.424 e. The smallest absolute Gasteiger partial charge is 0.416 e. The molecule has 0 bridgehead atoms. The predicted molar refractivity (Wildman–Crippen MR) is 145 cm³/mol. The zero-order chi connectivity index (χ0) is 29.1. The molecule has 0 atom stereocenters. The summed E-state index contributed by atoms with van der Waals surface area (Å²) in [6.07, 6.45) is 0.836. The lowest BCUT2D eigenvalue weighted by Gasteiger charge is -2.15. The molecule has 41 heavy (non-hydrogen) atoms. The number of alkyl halides is 3. The van der Waals surface area contributed by atoms with Gasteiger partial charge in [0.1, 0.15) is 11.6 Å². The summed E-state index contributed by atoms with van der Waals surface area (Å²) in [5, 5.41) is 13.0. The van der Waals surface area contributed by atoms with Gasteiger partial charge in [-0.2, -0.15) is 13.2 Å². The molecular weight excluding hydrogens is 563 g/mol. The molecule has 0 unspecified atom stereocenters. The van der Waals surface area contributed by atoms with Crippen LogP contribution in [0.25, 0.3) is 16.8 Å². The number of aromatic nitrogens is 6. The van der Waals surface area contributed by atoms with Crippen LogP contribution in [0.3, 0.4) is 0 Å². The topological polar surface area (TPSA) is 146 Å². The van der Waals surface area contributed by atoms with E-state index in [1.165, 1.54) is 35.5 Å². The third-order valence-corrected chi connectivity index (χ3v) is 5.87. The molecule has 0 spiro atoms. The average Bonchev–Trinajstić information content (AvgIpc) is 3.36. The van der Waals surface area contributed by atoms with Crippen LogP contribution in [0.2, 0.25) is 5.02 Å². The Kier molecular flexibility index (Phi) is 7.40. The minimum atomic E-state index is -4.62. The van der Waals surface area contributed by atoms with Crippen LogP contribution in [0.1, 0.15) is 11.3 Å². The lowest BCUT2D eigenvalue weighted by atomic mass is 10.1. The van der Waals surface area contributed by atoms with Crippen LogP contribution in [-0.4, -0.2) is 36.0 Å². The van der Waals surface area contributed by atoms with Crippen molar-refractivity contribution >= 4 is 34.8 Å². The Morgan fingerprint density at radius 3 is 2.37 bits per heavy atom. The first-order valence-corrected chi connectivity index (χ1v) is 12.1. The van der Waals surface area contributed by atoms with Gasteiger partial charge in [-0.05, 0) is 48.9 Å². The molecule has 5 rings (SSSR count). The number of nitrogens with one attached hydrogen (secondary N) is 2. The van der Waals surface area contributed by atoms with Gasteiger partial charge in [-0.15, -0.1) is 5.10 Å². The van der Waals surface area contributed by atoms with Gasteiger partial charge in [0, 0.05) is 11.8 Å². The van der Waals surface area contributed by atoms with Gasteiger partial charge in [-0.25, -0.2) is 24.4 Å². The molecule has 2 amide bonds. The Labute approximate surface area is 235 Å². The zero-order valence-corrected chi connectivity index (χ0v) is 21.8. The first-order valence-electron chi connectivity index (χ1n) is 11.7. The van der Waals surface area contributed by atoms with Crippen molar-refractivity contribution in [3.05, 3.63) is 89.6 Å². The molecule has 0 radical (unpaired) electrons. The third-order valence-electron chi connectivity index (χ3n) is 5.67. The van der Waals surface area contributed by atoms with Gasteiger partial charge in [-0.1, -0.05) is 28.9 Å². The number of hydrogen-bond donors (Lipinski definition) is 3. The summed E-state index contributed by atoms with van der Waals surface area (Å²) in [5.74, 6) is 0.762. The van der Waals surface area contributed by atoms with E-state index >= 15 is 0 Å². The van der Waals surface area contributed by atoms with Crippen molar-refractivity contribution < 1.29 is 22.7 Å². The monoisotopic (exact) mass is 581 g/mol. The number of anilines is 3. The van der Waals surface area contributed by atoms with Gasteiger partial charge >= 0.3 is 18.2 Å². The highest BCUT2D eigenvalue weighted by molar-refractivity contribution is 6.30.